The van der Waals surface area contributed by atoms with Crippen molar-refractivity contribution in [2.45, 2.75) is 49.8 Å². The first-order valence-electron chi connectivity index (χ1n) is 5.61. The van der Waals surface area contributed by atoms with Crippen LogP contribution in [0.3, 0.4) is 0 Å². The van der Waals surface area contributed by atoms with Crippen LogP contribution in [0.1, 0.15) is 39.0 Å². The zero-order valence-corrected chi connectivity index (χ0v) is 10.2. The number of rotatable bonds is 5. The lowest BCUT2D eigenvalue weighted by Crippen LogP contribution is -2.46. The second-order valence-electron chi connectivity index (χ2n) is 4.54. The maximum Gasteiger partial charge on any atom is 0.0618 e. The molecular weight excluding hydrogens is 194 g/mol. The van der Waals surface area contributed by atoms with Crippen LogP contribution < -0.4 is 5.32 Å². The second-order valence-corrected chi connectivity index (χ2v) is 5.83. The SMILES string of the molecule is CNC(C)(CO)CSC1CCCCC1. The van der Waals surface area contributed by atoms with Gasteiger partial charge in [0.05, 0.1) is 6.61 Å². The summed E-state index contributed by atoms with van der Waals surface area (Å²) in [7, 11) is 1.93. The van der Waals surface area contributed by atoms with Gasteiger partial charge in [0.2, 0.25) is 0 Å². The lowest BCUT2D eigenvalue weighted by atomic mass is 10.0. The van der Waals surface area contributed by atoms with Crippen LogP contribution in [0.25, 0.3) is 0 Å². The van der Waals surface area contributed by atoms with Crippen molar-refractivity contribution in [2.75, 3.05) is 19.4 Å². The van der Waals surface area contributed by atoms with Crippen molar-refractivity contribution in [3.05, 3.63) is 0 Å². The standard InChI is InChI=1S/C11H23NOS/c1-11(8-13,12-2)9-14-10-6-4-3-5-7-10/h10,12-13H,3-9H2,1-2H3. The van der Waals surface area contributed by atoms with Crippen molar-refractivity contribution < 1.29 is 5.11 Å². The fraction of sp³-hybridized carbons (Fsp3) is 1.00. The molecule has 1 aliphatic rings. The summed E-state index contributed by atoms with van der Waals surface area (Å²) in [6, 6.07) is 0. The first-order valence-corrected chi connectivity index (χ1v) is 6.66. The van der Waals surface area contributed by atoms with Crippen molar-refractivity contribution in [3.8, 4) is 0 Å². The van der Waals surface area contributed by atoms with Gasteiger partial charge >= 0.3 is 0 Å². The van der Waals surface area contributed by atoms with E-state index in [2.05, 4.69) is 12.2 Å². The van der Waals surface area contributed by atoms with Crippen LogP contribution in [0.4, 0.5) is 0 Å². The molecule has 0 saturated heterocycles. The van der Waals surface area contributed by atoms with Gasteiger partial charge in [0.25, 0.3) is 0 Å². The molecule has 0 radical (unpaired) electrons. The van der Waals surface area contributed by atoms with Crippen LogP contribution in [-0.4, -0.2) is 35.3 Å². The van der Waals surface area contributed by atoms with Gasteiger partial charge in [-0.2, -0.15) is 11.8 Å². The van der Waals surface area contributed by atoms with E-state index in [4.69, 9.17) is 0 Å². The number of hydrogen-bond donors (Lipinski definition) is 2. The third-order valence-electron chi connectivity index (χ3n) is 3.14. The van der Waals surface area contributed by atoms with E-state index in [1.807, 2.05) is 18.8 Å². The van der Waals surface area contributed by atoms with E-state index in [1.165, 1.54) is 32.1 Å². The average Bonchev–Trinajstić information content (AvgIpc) is 2.27. The van der Waals surface area contributed by atoms with Gasteiger partial charge in [-0.25, -0.2) is 0 Å². The Bertz CT molecular complexity index is 153. The van der Waals surface area contributed by atoms with E-state index in [1.54, 1.807) is 0 Å². The Hall–Kier alpha value is 0.270. The first kappa shape index (κ1) is 12.3. The fourth-order valence-corrected chi connectivity index (χ4v) is 3.24. The number of aliphatic hydroxyl groups excluding tert-OH is 1. The second kappa shape index (κ2) is 5.99. The molecular formula is C11H23NOS. The third-order valence-corrected chi connectivity index (χ3v) is 4.89. The molecule has 1 rings (SSSR count). The van der Waals surface area contributed by atoms with Crippen LogP contribution in [-0.2, 0) is 0 Å². The zero-order valence-electron chi connectivity index (χ0n) is 9.38. The predicted octanol–water partition coefficient (Wildman–Crippen LogP) is 2.02. The van der Waals surface area contributed by atoms with E-state index in [0.717, 1.165) is 11.0 Å². The van der Waals surface area contributed by atoms with Gasteiger partial charge in [0.1, 0.15) is 0 Å². The van der Waals surface area contributed by atoms with Gasteiger partial charge < -0.3 is 10.4 Å². The minimum Gasteiger partial charge on any atom is -0.394 e. The van der Waals surface area contributed by atoms with Gasteiger partial charge in [-0.1, -0.05) is 19.3 Å². The van der Waals surface area contributed by atoms with Crippen molar-refractivity contribution in [1.82, 2.24) is 5.32 Å². The molecule has 0 spiro atoms. The molecule has 0 bridgehead atoms. The summed E-state index contributed by atoms with van der Waals surface area (Å²) >= 11 is 2.03. The Labute approximate surface area is 91.9 Å². The minimum atomic E-state index is -0.0951. The van der Waals surface area contributed by atoms with E-state index >= 15 is 0 Å². The summed E-state index contributed by atoms with van der Waals surface area (Å²) in [5, 5.41) is 13.3. The molecule has 14 heavy (non-hydrogen) atoms. The molecule has 1 aliphatic carbocycles. The topological polar surface area (TPSA) is 32.3 Å². The van der Waals surface area contributed by atoms with E-state index in [-0.39, 0.29) is 12.1 Å². The Balaban J connectivity index is 2.23. The molecule has 1 unspecified atom stereocenters. The summed E-state index contributed by atoms with van der Waals surface area (Å²) in [6.45, 7) is 2.31. The monoisotopic (exact) mass is 217 g/mol. The summed E-state index contributed by atoms with van der Waals surface area (Å²) in [5.74, 6) is 1.02. The van der Waals surface area contributed by atoms with Crippen LogP contribution in [0, 0.1) is 0 Å². The third kappa shape index (κ3) is 3.79. The average molecular weight is 217 g/mol. The van der Waals surface area contributed by atoms with Gasteiger partial charge in [0.15, 0.2) is 0 Å². The molecule has 0 heterocycles. The van der Waals surface area contributed by atoms with Gasteiger partial charge in [0, 0.05) is 16.5 Å². The highest BCUT2D eigenvalue weighted by atomic mass is 32.2. The van der Waals surface area contributed by atoms with E-state index in [0.29, 0.717) is 0 Å². The van der Waals surface area contributed by atoms with Crippen molar-refractivity contribution >= 4 is 11.8 Å². The molecule has 0 amide bonds. The van der Waals surface area contributed by atoms with Crippen molar-refractivity contribution in [2.24, 2.45) is 0 Å². The van der Waals surface area contributed by atoms with Crippen molar-refractivity contribution in [3.63, 3.8) is 0 Å². The normalized spacial score (nSPS) is 23.4. The highest BCUT2D eigenvalue weighted by molar-refractivity contribution is 7.99. The maximum atomic E-state index is 9.24. The number of aliphatic hydroxyl groups is 1. The highest BCUT2D eigenvalue weighted by Gasteiger charge is 2.23. The number of nitrogens with one attached hydrogen (secondary N) is 1. The molecule has 0 aliphatic heterocycles. The fourth-order valence-electron chi connectivity index (χ4n) is 1.73. The molecule has 1 fully saturated rings. The Morgan fingerprint density at radius 2 is 2.00 bits per heavy atom. The Morgan fingerprint density at radius 3 is 2.50 bits per heavy atom. The smallest absolute Gasteiger partial charge is 0.0618 e. The largest absolute Gasteiger partial charge is 0.394 e. The maximum absolute atomic E-state index is 9.24. The molecule has 2 nitrogen and oxygen atoms in total. The Kier molecular flexibility index (Phi) is 5.28. The number of thioether (sulfide) groups is 1. The Morgan fingerprint density at radius 1 is 1.36 bits per heavy atom. The van der Waals surface area contributed by atoms with E-state index in [9.17, 15) is 5.11 Å². The molecule has 1 atom stereocenters. The first-order chi connectivity index (χ1) is 6.70. The van der Waals surface area contributed by atoms with Crippen LogP contribution >= 0.6 is 11.8 Å². The molecule has 84 valence electrons. The quantitative estimate of drug-likeness (QED) is 0.739. The molecule has 3 heteroatoms. The molecule has 0 aromatic heterocycles. The molecule has 2 N–H and O–H groups in total. The van der Waals surface area contributed by atoms with Gasteiger partial charge in [-0.3, -0.25) is 0 Å². The van der Waals surface area contributed by atoms with Crippen LogP contribution in [0.15, 0.2) is 0 Å². The molecule has 1 saturated carbocycles. The summed E-state index contributed by atoms with van der Waals surface area (Å²) in [5.41, 5.74) is -0.0951. The number of likely N-dealkylation sites (N-methyl/N-ethyl adjacent to an activating group) is 1. The van der Waals surface area contributed by atoms with Crippen molar-refractivity contribution in [1.29, 1.82) is 0 Å². The summed E-state index contributed by atoms with van der Waals surface area (Å²) in [6.07, 6.45) is 6.95. The molecule has 0 aromatic carbocycles. The van der Waals surface area contributed by atoms with Crippen LogP contribution in [0.2, 0.25) is 0 Å². The van der Waals surface area contributed by atoms with E-state index < -0.39 is 0 Å². The molecule has 0 aromatic rings. The van der Waals surface area contributed by atoms with Gasteiger partial charge in [-0.15, -0.1) is 0 Å². The lowest BCUT2D eigenvalue weighted by Gasteiger charge is -2.29. The number of hydrogen-bond acceptors (Lipinski definition) is 3. The summed E-state index contributed by atoms with van der Waals surface area (Å²) in [4.78, 5) is 0. The van der Waals surface area contributed by atoms with Gasteiger partial charge in [-0.05, 0) is 26.8 Å². The minimum absolute atomic E-state index is 0.0951. The zero-order chi connectivity index (χ0) is 10.4. The van der Waals surface area contributed by atoms with Crippen LogP contribution in [0.5, 0.6) is 0 Å². The lowest BCUT2D eigenvalue weighted by molar-refractivity contribution is 0.200. The highest BCUT2D eigenvalue weighted by Crippen LogP contribution is 2.29. The predicted molar refractivity (Wildman–Crippen MR) is 63.9 cm³/mol. The summed E-state index contributed by atoms with van der Waals surface area (Å²) < 4.78 is 0.